The third-order valence-electron chi connectivity index (χ3n) is 7.94. The van der Waals surface area contributed by atoms with Crippen molar-refractivity contribution in [2.24, 2.45) is 5.92 Å². The van der Waals surface area contributed by atoms with Crippen LogP contribution in [0.4, 0.5) is 14.7 Å². The first-order valence-electron chi connectivity index (χ1n) is 13.3. The molecule has 0 aliphatic carbocycles. The van der Waals surface area contributed by atoms with Gasteiger partial charge < -0.3 is 14.8 Å². The molecule has 1 aromatic heterocycles. The molecule has 2 N–H and O–H groups in total. The molecule has 1 amide bonds. The van der Waals surface area contributed by atoms with Gasteiger partial charge in [0.25, 0.3) is 0 Å². The summed E-state index contributed by atoms with van der Waals surface area (Å²) in [5.41, 5.74) is 3.10. The van der Waals surface area contributed by atoms with E-state index in [1.54, 1.807) is 6.20 Å². The summed E-state index contributed by atoms with van der Waals surface area (Å²) in [7, 11) is 0. The Morgan fingerprint density at radius 3 is 2.84 bits per heavy atom. The maximum absolute atomic E-state index is 14.9. The van der Waals surface area contributed by atoms with Crippen molar-refractivity contribution in [2.75, 3.05) is 25.0 Å². The van der Waals surface area contributed by atoms with Crippen LogP contribution in [0, 0.1) is 17.6 Å². The lowest BCUT2D eigenvalue weighted by molar-refractivity contribution is -0.120. The van der Waals surface area contributed by atoms with Crippen molar-refractivity contribution in [3.8, 4) is 0 Å². The van der Waals surface area contributed by atoms with Gasteiger partial charge in [0.1, 0.15) is 11.6 Å². The SMILES string of the molecule is C=CCC(C)n1ccnc1NC(=O)[C@@H]1CN(CC[C@H]2Cc3ccccc3CN2)C[C@H]1c1ccc(F)cc1F. The van der Waals surface area contributed by atoms with Crippen molar-refractivity contribution < 1.29 is 13.6 Å². The molecule has 1 unspecified atom stereocenters. The zero-order valence-electron chi connectivity index (χ0n) is 21.7. The standard InChI is InChI=1S/C30H35F2N5O/c1-3-6-20(2)37-14-12-33-30(37)35-29(38)27-19-36(18-26(27)25-10-9-23(31)16-28(25)32)13-11-24-15-21-7-4-5-8-22(21)17-34-24/h3-5,7-10,12,14,16,20,24,26-27,34H,1,6,11,13,15,17-19H2,2H3,(H,33,35,38)/t20?,24-,26-,27+/m0/s1. The summed E-state index contributed by atoms with van der Waals surface area (Å²) in [6, 6.07) is 12.6. The third-order valence-corrected chi connectivity index (χ3v) is 7.94. The van der Waals surface area contributed by atoms with Crippen LogP contribution in [-0.2, 0) is 17.8 Å². The Bertz CT molecular complexity index is 1290. The fourth-order valence-electron chi connectivity index (χ4n) is 5.84. The second-order valence-corrected chi connectivity index (χ2v) is 10.5. The van der Waals surface area contributed by atoms with E-state index < -0.39 is 17.6 Å². The van der Waals surface area contributed by atoms with Crippen LogP contribution < -0.4 is 10.6 Å². The number of nitrogens with one attached hydrogen (secondary N) is 2. The lowest BCUT2D eigenvalue weighted by atomic mass is 9.88. The number of carbonyl (C=O) groups excluding carboxylic acids is 1. The molecular formula is C30H35F2N5O. The number of halogens is 2. The second-order valence-electron chi connectivity index (χ2n) is 10.5. The molecule has 4 atom stereocenters. The molecule has 2 aromatic carbocycles. The summed E-state index contributed by atoms with van der Waals surface area (Å²) < 4.78 is 30.5. The highest BCUT2D eigenvalue weighted by Crippen LogP contribution is 2.35. The quantitative estimate of drug-likeness (QED) is 0.388. The van der Waals surface area contributed by atoms with Crippen LogP contribution >= 0.6 is 0 Å². The minimum absolute atomic E-state index is 0.0869. The summed E-state index contributed by atoms with van der Waals surface area (Å²) in [6.45, 7) is 8.50. The second kappa shape index (κ2) is 11.6. The lowest BCUT2D eigenvalue weighted by Gasteiger charge is -2.28. The van der Waals surface area contributed by atoms with Gasteiger partial charge in [0.05, 0.1) is 5.92 Å². The van der Waals surface area contributed by atoms with E-state index in [9.17, 15) is 13.6 Å². The van der Waals surface area contributed by atoms with Gasteiger partial charge in [-0.15, -0.1) is 6.58 Å². The zero-order valence-corrected chi connectivity index (χ0v) is 21.7. The van der Waals surface area contributed by atoms with Crippen LogP contribution in [0.1, 0.15) is 48.4 Å². The largest absolute Gasteiger partial charge is 0.314 e. The Labute approximate surface area is 222 Å². The van der Waals surface area contributed by atoms with Crippen molar-refractivity contribution >= 4 is 11.9 Å². The molecule has 0 spiro atoms. The Kier molecular flexibility index (Phi) is 8.00. The number of carbonyl (C=O) groups is 1. The van der Waals surface area contributed by atoms with Gasteiger partial charge in [0, 0.05) is 56.1 Å². The monoisotopic (exact) mass is 519 g/mol. The number of hydrogen-bond acceptors (Lipinski definition) is 4. The number of nitrogens with zero attached hydrogens (tertiary/aromatic N) is 3. The molecule has 3 heterocycles. The van der Waals surface area contributed by atoms with Gasteiger partial charge in [-0.2, -0.15) is 0 Å². The van der Waals surface area contributed by atoms with E-state index in [0.717, 1.165) is 38.4 Å². The summed E-state index contributed by atoms with van der Waals surface area (Å²) in [5.74, 6) is -1.85. The van der Waals surface area contributed by atoms with Gasteiger partial charge in [-0.1, -0.05) is 36.4 Å². The minimum Gasteiger partial charge on any atom is -0.314 e. The smallest absolute Gasteiger partial charge is 0.231 e. The highest BCUT2D eigenvalue weighted by atomic mass is 19.1. The van der Waals surface area contributed by atoms with Crippen molar-refractivity contribution in [3.63, 3.8) is 0 Å². The van der Waals surface area contributed by atoms with Crippen LogP contribution in [-0.4, -0.2) is 46.0 Å². The van der Waals surface area contributed by atoms with E-state index in [-0.39, 0.29) is 17.9 Å². The third kappa shape index (κ3) is 5.71. The molecule has 3 aromatic rings. The Morgan fingerprint density at radius 2 is 2.05 bits per heavy atom. The molecule has 0 radical (unpaired) electrons. The number of anilines is 1. The van der Waals surface area contributed by atoms with Gasteiger partial charge in [-0.3, -0.25) is 10.1 Å². The highest BCUT2D eigenvalue weighted by Gasteiger charge is 2.40. The van der Waals surface area contributed by atoms with Crippen LogP contribution in [0.3, 0.4) is 0 Å². The fraction of sp³-hybridized carbons (Fsp3) is 0.400. The van der Waals surface area contributed by atoms with Crippen molar-refractivity contribution in [1.82, 2.24) is 19.8 Å². The van der Waals surface area contributed by atoms with Gasteiger partial charge in [0.2, 0.25) is 11.9 Å². The number of allylic oxidation sites excluding steroid dienone is 1. The molecule has 2 aliphatic heterocycles. The van der Waals surface area contributed by atoms with Gasteiger partial charge >= 0.3 is 0 Å². The lowest BCUT2D eigenvalue weighted by Crippen LogP contribution is -2.38. The maximum Gasteiger partial charge on any atom is 0.231 e. The van der Waals surface area contributed by atoms with E-state index in [2.05, 4.69) is 51.4 Å². The first kappa shape index (κ1) is 26.3. The molecule has 1 fully saturated rings. The van der Waals surface area contributed by atoms with Gasteiger partial charge in [-0.05, 0) is 55.5 Å². The Morgan fingerprint density at radius 1 is 1.24 bits per heavy atom. The van der Waals surface area contributed by atoms with Gasteiger partial charge in [0.15, 0.2) is 0 Å². The molecule has 0 bridgehead atoms. The highest BCUT2D eigenvalue weighted by molar-refractivity contribution is 5.92. The van der Waals surface area contributed by atoms with E-state index in [0.29, 0.717) is 30.6 Å². The number of fused-ring (bicyclic) bond motifs is 1. The molecule has 6 nitrogen and oxygen atoms in total. The average molecular weight is 520 g/mol. The molecule has 38 heavy (non-hydrogen) atoms. The van der Waals surface area contributed by atoms with Crippen LogP contribution in [0.5, 0.6) is 0 Å². The topological polar surface area (TPSA) is 62.2 Å². The molecule has 200 valence electrons. The number of amides is 1. The number of benzene rings is 2. The normalized spacial score (nSPS) is 22.1. The molecular weight excluding hydrogens is 484 g/mol. The predicted octanol–water partition coefficient (Wildman–Crippen LogP) is 5.06. The maximum atomic E-state index is 14.9. The Balaban J connectivity index is 1.30. The van der Waals surface area contributed by atoms with Gasteiger partial charge in [-0.25, -0.2) is 13.8 Å². The summed E-state index contributed by atoms with van der Waals surface area (Å²) in [6.07, 6.45) is 7.94. The van der Waals surface area contributed by atoms with Crippen LogP contribution in [0.2, 0.25) is 0 Å². The van der Waals surface area contributed by atoms with E-state index >= 15 is 0 Å². The average Bonchev–Trinajstić information content (AvgIpc) is 3.55. The minimum atomic E-state index is -0.621. The van der Waals surface area contributed by atoms with E-state index in [1.807, 2.05) is 23.8 Å². The van der Waals surface area contributed by atoms with Crippen molar-refractivity contribution in [3.05, 3.63) is 95.8 Å². The number of hydrogen-bond donors (Lipinski definition) is 2. The first-order valence-corrected chi connectivity index (χ1v) is 13.3. The Hall–Kier alpha value is -3.36. The number of aromatic nitrogens is 2. The molecule has 0 saturated carbocycles. The van der Waals surface area contributed by atoms with Crippen molar-refractivity contribution in [1.29, 1.82) is 0 Å². The van der Waals surface area contributed by atoms with E-state index in [1.165, 1.54) is 23.3 Å². The molecule has 2 aliphatic rings. The van der Waals surface area contributed by atoms with Crippen LogP contribution in [0.15, 0.2) is 67.5 Å². The summed E-state index contributed by atoms with van der Waals surface area (Å²) in [4.78, 5) is 20.1. The number of rotatable bonds is 9. The van der Waals surface area contributed by atoms with E-state index in [4.69, 9.17) is 0 Å². The summed E-state index contributed by atoms with van der Waals surface area (Å²) >= 11 is 0. The molecule has 8 heteroatoms. The van der Waals surface area contributed by atoms with Crippen molar-refractivity contribution in [2.45, 2.75) is 50.7 Å². The molecule has 1 saturated heterocycles. The summed E-state index contributed by atoms with van der Waals surface area (Å²) in [5, 5.41) is 6.61. The zero-order chi connectivity index (χ0) is 26.6. The fourth-order valence-corrected chi connectivity index (χ4v) is 5.84. The molecule has 5 rings (SSSR count). The predicted molar refractivity (Wildman–Crippen MR) is 145 cm³/mol. The number of imidazole rings is 1. The number of likely N-dealkylation sites (tertiary alicyclic amines) is 1. The first-order chi connectivity index (χ1) is 18.4. The van der Waals surface area contributed by atoms with Crippen LogP contribution in [0.25, 0.3) is 0 Å².